The van der Waals surface area contributed by atoms with Crippen molar-refractivity contribution in [1.82, 2.24) is 10.2 Å². The number of anilines is 1. The van der Waals surface area contributed by atoms with Gasteiger partial charge in [-0.2, -0.15) is 0 Å². The van der Waals surface area contributed by atoms with Crippen LogP contribution in [0.2, 0.25) is 0 Å². The summed E-state index contributed by atoms with van der Waals surface area (Å²) in [5.41, 5.74) is 7.97. The summed E-state index contributed by atoms with van der Waals surface area (Å²) in [5, 5.41) is 2.96. The zero-order valence-electron chi connectivity index (χ0n) is 12.3. The first-order valence-corrected chi connectivity index (χ1v) is 8.01. The summed E-state index contributed by atoms with van der Waals surface area (Å²) < 4.78 is 6.13. The lowest BCUT2D eigenvalue weighted by molar-refractivity contribution is 0.0374. The molecule has 0 unspecified atom stereocenters. The number of halogens is 1. The van der Waals surface area contributed by atoms with E-state index >= 15 is 0 Å². The number of carbonyl (C=O) groups is 1. The van der Waals surface area contributed by atoms with Gasteiger partial charge in [0.15, 0.2) is 0 Å². The van der Waals surface area contributed by atoms with Gasteiger partial charge < -0.3 is 15.8 Å². The quantitative estimate of drug-likeness (QED) is 0.624. The number of rotatable bonds is 5. The highest BCUT2D eigenvalue weighted by Gasteiger charge is 2.13. The number of hydrogen-bond donors (Lipinski definition) is 2. The number of nitrogens with two attached hydrogens (primary N) is 1. The molecule has 1 heterocycles. The summed E-state index contributed by atoms with van der Waals surface area (Å²) in [6, 6.07) is 3.62. The third-order valence-corrected chi connectivity index (χ3v) is 4.16. The molecule has 2 rings (SSSR count). The Morgan fingerprint density at radius 1 is 1.43 bits per heavy atom. The second kappa shape index (κ2) is 7.77. The number of morpholine rings is 1. The fourth-order valence-electron chi connectivity index (χ4n) is 2.36. The zero-order valence-corrected chi connectivity index (χ0v) is 13.9. The molecule has 1 fully saturated rings. The maximum absolute atomic E-state index is 12.2. The maximum atomic E-state index is 12.2. The van der Waals surface area contributed by atoms with Crippen molar-refractivity contribution < 1.29 is 9.53 Å². The number of amides is 1. The summed E-state index contributed by atoms with van der Waals surface area (Å²) in [6.45, 7) is 7.10. The molecule has 3 N–H and O–H groups in total. The van der Waals surface area contributed by atoms with Crippen molar-refractivity contribution in [2.75, 3.05) is 45.1 Å². The minimum absolute atomic E-state index is 0.0672. The van der Waals surface area contributed by atoms with E-state index in [9.17, 15) is 4.79 Å². The van der Waals surface area contributed by atoms with Crippen LogP contribution in [0.15, 0.2) is 16.6 Å². The molecular weight excluding hydrogens is 334 g/mol. The number of carbonyl (C=O) groups excluding carboxylic acids is 1. The fraction of sp³-hybridized carbons (Fsp3) is 0.533. The largest absolute Gasteiger partial charge is 0.398 e. The Balaban J connectivity index is 1.79. The number of ether oxygens (including phenoxy) is 1. The molecule has 1 saturated heterocycles. The lowest BCUT2D eigenvalue weighted by Crippen LogP contribution is -2.38. The normalized spacial score (nSPS) is 15.9. The van der Waals surface area contributed by atoms with Crippen molar-refractivity contribution in [2.45, 2.75) is 13.3 Å². The van der Waals surface area contributed by atoms with Gasteiger partial charge in [-0.05, 0) is 37.6 Å². The molecule has 21 heavy (non-hydrogen) atoms. The monoisotopic (exact) mass is 355 g/mol. The Labute approximate surface area is 134 Å². The van der Waals surface area contributed by atoms with Crippen LogP contribution in [0.4, 0.5) is 5.69 Å². The van der Waals surface area contributed by atoms with E-state index in [1.807, 2.05) is 19.1 Å². The summed E-state index contributed by atoms with van der Waals surface area (Å²) in [5.74, 6) is -0.0672. The topological polar surface area (TPSA) is 67.6 Å². The Morgan fingerprint density at radius 2 is 2.14 bits per heavy atom. The molecule has 0 aliphatic carbocycles. The SMILES string of the molecule is Cc1c(N)cc(Br)cc1C(=O)NCCCN1CCOCC1. The minimum atomic E-state index is -0.0672. The molecule has 116 valence electrons. The first-order chi connectivity index (χ1) is 10.1. The van der Waals surface area contributed by atoms with Gasteiger partial charge in [-0.25, -0.2) is 0 Å². The van der Waals surface area contributed by atoms with Crippen LogP contribution in [0.3, 0.4) is 0 Å². The fourth-order valence-corrected chi connectivity index (χ4v) is 2.84. The summed E-state index contributed by atoms with van der Waals surface area (Å²) >= 11 is 3.37. The molecule has 1 aliphatic rings. The van der Waals surface area contributed by atoms with Gasteiger partial charge in [-0.1, -0.05) is 15.9 Å². The van der Waals surface area contributed by atoms with Gasteiger partial charge in [0, 0.05) is 35.4 Å². The van der Waals surface area contributed by atoms with Crippen LogP contribution in [-0.2, 0) is 4.74 Å². The number of nitrogen functional groups attached to an aromatic ring is 1. The summed E-state index contributed by atoms with van der Waals surface area (Å²) in [7, 11) is 0. The number of nitrogens with one attached hydrogen (secondary N) is 1. The first kappa shape index (κ1) is 16.3. The van der Waals surface area contributed by atoms with Gasteiger partial charge in [-0.3, -0.25) is 9.69 Å². The molecular formula is C15H22BrN3O2. The highest BCUT2D eigenvalue weighted by atomic mass is 79.9. The second-order valence-electron chi connectivity index (χ2n) is 5.23. The van der Waals surface area contributed by atoms with Gasteiger partial charge >= 0.3 is 0 Å². The lowest BCUT2D eigenvalue weighted by Gasteiger charge is -2.26. The van der Waals surface area contributed by atoms with Crippen LogP contribution in [0.5, 0.6) is 0 Å². The average Bonchev–Trinajstić information content (AvgIpc) is 2.48. The smallest absolute Gasteiger partial charge is 0.251 e. The maximum Gasteiger partial charge on any atom is 0.251 e. The van der Waals surface area contributed by atoms with Gasteiger partial charge in [0.2, 0.25) is 0 Å². The molecule has 0 bridgehead atoms. The van der Waals surface area contributed by atoms with Crippen molar-refractivity contribution in [3.8, 4) is 0 Å². The molecule has 6 heteroatoms. The number of nitrogens with zero attached hydrogens (tertiary/aromatic N) is 1. The van der Waals surface area contributed by atoms with Crippen LogP contribution < -0.4 is 11.1 Å². The van der Waals surface area contributed by atoms with E-state index in [2.05, 4.69) is 26.1 Å². The molecule has 5 nitrogen and oxygen atoms in total. The summed E-state index contributed by atoms with van der Waals surface area (Å²) in [4.78, 5) is 14.6. The van der Waals surface area contributed by atoms with E-state index in [-0.39, 0.29) is 5.91 Å². The molecule has 0 aromatic heterocycles. The average molecular weight is 356 g/mol. The van der Waals surface area contributed by atoms with E-state index in [1.165, 1.54) is 0 Å². The van der Waals surface area contributed by atoms with E-state index in [0.717, 1.165) is 49.3 Å². The number of hydrogen-bond acceptors (Lipinski definition) is 4. The molecule has 1 amide bonds. The Hall–Kier alpha value is -1.11. The predicted octanol–water partition coefficient (Wildman–Crippen LogP) is 1.79. The molecule has 0 radical (unpaired) electrons. The van der Waals surface area contributed by atoms with Crippen molar-refractivity contribution in [1.29, 1.82) is 0 Å². The van der Waals surface area contributed by atoms with Gasteiger partial charge in [0.05, 0.1) is 13.2 Å². The van der Waals surface area contributed by atoms with Crippen molar-refractivity contribution >= 4 is 27.5 Å². The highest BCUT2D eigenvalue weighted by molar-refractivity contribution is 9.10. The third kappa shape index (κ3) is 4.69. The molecule has 1 aromatic carbocycles. The second-order valence-corrected chi connectivity index (χ2v) is 6.15. The van der Waals surface area contributed by atoms with Gasteiger partial charge in [0.25, 0.3) is 5.91 Å². The third-order valence-electron chi connectivity index (χ3n) is 3.70. The standard InChI is InChI=1S/C15H22BrN3O2/c1-11-13(9-12(16)10-14(11)17)15(20)18-3-2-4-19-5-7-21-8-6-19/h9-10H,2-8,17H2,1H3,(H,18,20). The highest BCUT2D eigenvalue weighted by Crippen LogP contribution is 2.22. The molecule has 1 aliphatic heterocycles. The van der Waals surface area contributed by atoms with Crippen LogP contribution >= 0.6 is 15.9 Å². The van der Waals surface area contributed by atoms with E-state index in [4.69, 9.17) is 10.5 Å². The van der Waals surface area contributed by atoms with E-state index in [1.54, 1.807) is 0 Å². The molecule has 1 aromatic rings. The van der Waals surface area contributed by atoms with E-state index < -0.39 is 0 Å². The predicted molar refractivity (Wildman–Crippen MR) is 87.5 cm³/mol. The number of benzene rings is 1. The van der Waals surface area contributed by atoms with Crippen molar-refractivity contribution in [3.05, 3.63) is 27.7 Å². The first-order valence-electron chi connectivity index (χ1n) is 7.22. The van der Waals surface area contributed by atoms with Crippen LogP contribution in [0.25, 0.3) is 0 Å². The summed E-state index contributed by atoms with van der Waals surface area (Å²) in [6.07, 6.45) is 0.939. The Kier molecular flexibility index (Phi) is 6.02. The van der Waals surface area contributed by atoms with Crippen molar-refractivity contribution in [2.24, 2.45) is 0 Å². The minimum Gasteiger partial charge on any atom is -0.398 e. The van der Waals surface area contributed by atoms with Crippen molar-refractivity contribution in [3.63, 3.8) is 0 Å². The zero-order chi connectivity index (χ0) is 15.2. The van der Waals surface area contributed by atoms with Crippen LogP contribution in [0.1, 0.15) is 22.3 Å². The molecule has 0 spiro atoms. The van der Waals surface area contributed by atoms with E-state index in [0.29, 0.717) is 17.8 Å². The van der Waals surface area contributed by atoms with Crippen LogP contribution in [0, 0.1) is 6.92 Å². The lowest BCUT2D eigenvalue weighted by atomic mass is 10.1. The molecule has 0 atom stereocenters. The van der Waals surface area contributed by atoms with Crippen LogP contribution in [-0.4, -0.2) is 50.2 Å². The Morgan fingerprint density at radius 3 is 2.86 bits per heavy atom. The van der Waals surface area contributed by atoms with Gasteiger partial charge in [-0.15, -0.1) is 0 Å². The Bertz CT molecular complexity index is 502. The van der Waals surface area contributed by atoms with Gasteiger partial charge in [0.1, 0.15) is 0 Å². The molecule has 0 saturated carbocycles.